The van der Waals surface area contributed by atoms with Crippen molar-refractivity contribution in [1.82, 2.24) is 5.32 Å². The number of anilines is 1. The average Bonchev–Trinajstić information content (AvgIpc) is 2.38. The van der Waals surface area contributed by atoms with Crippen molar-refractivity contribution in [3.05, 3.63) is 23.8 Å². The van der Waals surface area contributed by atoms with E-state index in [1.54, 1.807) is 0 Å². The van der Waals surface area contributed by atoms with Crippen LogP contribution in [0.25, 0.3) is 0 Å². The van der Waals surface area contributed by atoms with Crippen LogP contribution in [0.2, 0.25) is 0 Å². The van der Waals surface area contributed by atoms with E-state index in [0.29, 0.717) is 19.1 Å². The van der Waals surface area contributed by atoms with Gasteiger partial charge in [-0.25, -0.2) is 0 Å². The van der Waals surface area contributed by atoms with Gasteiger partial charge in [0.15, 0.2) is 0 Å². The third kappa shape index (κ3) is 2.32. The fraction of sp³-hybridized carbons (Fsp3) is 0.533. The van der Waals surface area contributed by atoms with Gasteiger partial charge < -0.3 is 15.0 Å². The van der Waals surface area contributed by atoms with E-state index >= 15 is 0 Å². The molecule has 1 fully saturated rings. The normalized spacial score (nSPS) is 21.9. The van der Waals surface area contributed by atoms with E-state index in [2.05, 4.69) is 31.3 Å². The minimum atomic E-state index is 0.129. The van der Waals surface area contributed by atoms with Gasteiger partial charge in [-0.2, -0.15) is 0 Å². The molecule has 0 spiro atoms. The number of nitrogens with one attached hydrogen (secondary N) is 1. The summed E-state index contributed by atoms with van der Waals surface area (Å²) in [5, 5.41) is 3.13. The zero-order valence-electron chi connectivity index (χ0n) is 11.5. The van der Waals surface area contributed by atoms with Crippen LogP contribution in [0.5, 0.6) is 5.75 Å². The lowest BCUT2D eigenvalue weighted by molar-refractivity contribution is -0.119. The van der Waals surface area contributed by atoms with E-state index in [1.807, 2.05) is 11.0 Å². The number of nitrogens with zero attached hydrogens (tertiary/aromatic N) is 1. The third-order valence-corrected chi connectivity index (χ3v) is 3.65. The molecule has 0 saturated carbocycles. The van der Waals surface area contributed by atoms with E-state index in [4.69, 9.17) is 4.74 Å². The van der Waals surface area contributed by atoms with Crippen molar-refractivity contribution >= 4 is 11.6 Å². The highest BCUT2D eigenvalue weighted by Gasteiger charge is 2.34. The topological polar surface area (TPSA) is 41.6 Å². The van der Waals surface area contributed by atoms with Crippen molar-refractivity contribution in [3.63, 3.8) is 0 Å². The number of piperazine rings is 1. The average molecular weight is 260 g/mol. The van der Waals surface area contributed by atoms with E-state index in [9.17, 15) is 4.79 Å². The van der Waals surface area contributed by atoms with Crippen LogP contribution in [-0.2, 0) is 11.2 Å². The molecule has 3 rings (SSSR count). The van der Waals surface area contributed by atoms with Crippen LogP contribution in [0.1, 0.15) is 19.4 Å². The van der Waals surface area contributed by atoms with E-state index in [1.165, 1.54) is 5.56 Å². The second-order valence-corrected chi connectivity index (χ2v) is 5.76. The number of ether oxygens (including phenoxy) is 1. The van der Waals surface area contributed by atoms with Crippen molar-refractivity contribution in [2.75, 3.05) is 24.6 Å². The Bertz CT molecular complexity index is 499. The highest BCUT2D eigenvalue weighted by molar-refractivity contribution is 5.98. The molecule has 1 atom stereocenters. The number of hydrogen-bond acceptors (Lipinski definition) is 3. The molecular formula is C15H20N2O2. The Labute approximate surface area is 113 Å². The van der Waals surface area contributed by atoms with Crippen molar-refractivity contribution in [2.24, 2.45) is 5.92 Å². The maximum Gasteiger partial charge on any atom is 0.241 e. The Morgan fingerprint density at radius 3 is 3.11 bits per heavy atom. The summed E-state index contributed by atoms with van der Waals surface area (Å²) >= 11 is 0. The molecule has 1 unspecified atom stereocenters. The molecule has 4 heteroatoms. The van der Waals surface area contributed by atoms with Gasteiger partial charge in [0.05, 0.1) is 18.3 Å². The van der Waals surface area contributed by atoms with E-state index < -0.39 is 0 Å². The summed E-state index contributed by atoms with van der Waals surface area (Å²) in [5.74, 6) is 1.61. The predicted molar refractivity (Wildman–Crippen MR) is 74.6 cm³/mol. The highest BCUT2D eigenvalue weighted by Crippen LogP contribution is 2.35. The molecule has 102 valence electrons. The quantitative estimate of drug-likeness (QED) is 0.878. The van der Waals surface area contributed by atoms with Crippen LogP contribution in [0, 0.1) is 5.92 Å². The number of hydrogen-bond donors (Lipinski definition) is 1. The summed E-state index contributed by atoms with van der Waals surface area (Å²) in [6, 6.07) is 6.35. The van der Waals surface area contributed by atoms with E-state index in [0.717, 1.165) is 24.4 Å². The Morgan fingerprint density at radius 2 is 2.32 bits per heavy atom. The first kappa shape index (κ1) is 12.5. The second kappa shape index (κ2) is 4.85. The van der Waals surface area contributed by atoms with Crippen molar-refractivity contribution < 1.29 is 9.53 Å². The molecule has 19 heavy (non-hydrogen) atoms. The van der Waals surface area contributed by atoms with Gasteiger partial charge in [-0.05, 0) is 30.0 Å². The van der Waals surface area contributed by atoms with Crippen LogP contribution in [0.15, 0.2) is 18.2 Å². The van der Waals surface area contributed by atoms with Gasteiger partial charge in [0, 0.05) is 6.54 Å². The zero-order valence-corrected chi connectivity index (χ0v) is 11.5. The molecule has 4 nitrogen and oxygen atoms in total. The molecule has 1 aromatic carbocycles. The number of carbonyl (C=O) groups excluding carboxylic acids is 1. The number of amides is 1. The second-order valence-electron chi connectivity index (χ2n) is 5.76. The van der Waals surface area contributed by atoms with Gasteiger partial charge >= 0.3 is 0 Å². The molecule has 0 aromatic heterocycles. The van der Waals surface area contributed by atoms with E-state index in [-0.39, 0.29) is 11.9 Å². The first-order chi connectivity index (χ1) is 9.15. The van der Waals surface area contributed by atoms with Crippen LogP contribution < -0.4 is 15.0 Å². The standard InChI is InChI=1S/C15H20N2O2/c1-10(2)5-11-3-4-13-14(6-11)19-9-12-7-16-8-15(18)17(12)13/h3-4,6,10,12,16H,5,7-9H2,1-2H3. The SMILES string of the molecule is CC(C)Cc1ccc2c(c1)OCC1CNCC(=O)N21. The number of fused-ring (bicyclic) bond motifs is 3. The highest BCUT2D eigenvalue weighted by atomic mass is 16.5. The molecule has 0 bridgehead atoms. The first-order valence-electron chi connectivity index (χ1n) is 6.93. The molecular weight excluding hydrogens is 240 g/mol. The minimum Gasteiger partial charge on any atom is -0.489 e. The lowest BCUT2D eigenvalue weighted by atomic mass is 10.0. The Morgan fingerprint density at radius 1 is 1.47 bits per heavy atom. The Kier molecular flexibility index (Phi) is 3.19. The van der Waals surface area contributed by atoms with Gasteiger partial charge in [0.2, 0.25) is 5.91 Å². The minimum absolute atomic E-state index is 0.129. The number of benzene rings is 1. The van der Waals surface area contributed by atoms with Gasteiger partial charge in [-0.3, -0.25) is 4.79 Å². The number of rotatable bonds is 2. The molecule has 0 aliphatic carbocycles. The predicted octanol–water partition coefficient (Wildman–Crippen LogP) is 1.58. The lowest BCUT2D eigenvalue weighted by Gasteiger charge is -2.40. The maximum absolute atomic E-state index is 12.1. The van der Waals surface area contributed by atoms with Gasteiger partial charge in [0.1, 0.15) is 12.4 Å². The molecule has 2 heterocycles. The van der Waals surface area contributed by atoms with Crippen molar-refractivity contribution in [2.45, 2.75) is 26.3 Å². The summed E-state index contributed by atoms with van der Waals surface area (Å²) < 4.78 is 5.83. The first-order valence-corrected chi connectivity index (χ1v) is 6.93. The Balaban J connectivity index is 1.92. The molecule has 1 N–H and O–H groups in total. The van der Waals surface area contributed by atoms with Crippen molar-refractivity contribution in [1.29, 1.82) is 0 Å². The van der Waals surface area contributed by atoms with Crippen LogP contribution in [0.4, 0.5) is 5.69 Å². The van der Waals surface area contributed by atoms with Gasteiger partial charge in [0.25, 0.3) is 0 Å². The fourth-order valence-electron chi connectivity index (χ4n) is 2.85. The lowest BCUT2D eigenvalue weighted by Crippen LogP contribution is -2.58. The summed E-state index contributed by atoms with van der Waals surface area (Å²) in [6.45, 7) is 6.21. The fourth-order valence-corrected chi connectivity index (χ4v) is 2.85. The summed E-state index contributed by atoms with van der Waals surface area (Å²) in [7, 11) is 0. The molecule has 1 aromatic rings. The van der Waals surface area contributed by atoms with Gasteiger partial charge in [-0.1, -0.05) is 19.9 Å². The molecule has 0 radical (unpaired) electrons. The van der Waals surface area contributed by atoms with Gasteiger partial charge in [-0.15, -0.1) is 0 Å². The summed E-state index contributed by atoms with van der Waals surface area (Å²) in [4.78, 5) is 14.0. The molecule has 2 aliphatic rings. The molecule has 2 aliphatic heterocycles. The Hall–Kier alpha value is -1.55. The van der Waals surface area contributed by atoms with Crippen LogP contribution >= 0.6 is 0 Å². The largest absolute Gasteiger partial charge is 0.489 e. The molecule has 1 amide bonds. The monoisotopic (exact) mass is 260 g/mol. The zero-order chi connectivity index (χ0) is 13.4. The third-order valence-electron chi connectivity index (χ3n) is 3.65. The smallest absolute Gasteiger partial charge is 0.241 e. The summed E-state index contributed by atoms with van der Waals surface area (Å²) in [6.07, 6.45) is 1.04. The maximum atomic E-state index is 12.1. The summed E-state index contributed by atoms with van der Waals surface area (Å²) in [5.41, 5.74) is 2.20. The number of carbonyl (C=O) groups is 1. The van der Waals surface area contributed by atoms with Crippen molar-refractivity contribution in [3.8, 4) is 5.75 Å². The van der Waals surface area contributed by atoms with Crippen LogP contribution in [0.3, 0.4) is 0 Å². The molecule has 1 saturated heterocycles. The van der Waals surface area contributed by atoms with Crippen LogP contribution in [-0.4, -0.2) is 31.6 Å².